The fourth-order valence-corrected chi connectivity index (χ4v) is 4.83. The Morgan fingerprint density at radius 3 is 2.63 bits per heavy atom. The zero-order chi connectivity index (χ0) is 21.9. The lowest BCUT2D eigenvalue weighted by Crippen LogP contribution is -2.51. The van der Waals surface area contributed by atoms with E-state index in [1.165, 1.54) is 17.1 Å². The molecule has 10 nitrogen and oxygen atoms in total. The van der Waals surface area contributed by atoms with E-state index >= 15 is 0 Å². The number of carbonyl (C=O) groups is 1. The van der Waals surface area contributed by atoms with E-state index < -0.39 is 26.8 Å². The lowest BCUT2D eigenvalue weighted by atomic mass is 10.1. The number of aromatic nitrogens is 2. The molecule has 2 amide bonds. The molecule has 0 spiro atoms. The summed E-state index contributed by atoms with van der Waals surface area (Å²) >= 11 is 0. The zero-order valence-corrected chi connectivity index (χ0v) is 18.1. The lowest BCUT2D eigenvalue weighted by Gasteiger charge is -2.39. The van der Waals surface area contributed by atoms with Crippen LogP contribution in [0.15, 0.2) is 30.6 Å². The largest absolute Gasteiger partial charge is 0.740 e. The van der Waals surface area contributed by atoms with Gasteiger partial charge in [0, 0.05) is 32.1 Å². The van der Waals surface area contributed by atoms with Crippen LogP contribution in [0.2, 0.25) is 0 Å². The van der Waals surface area contributed by atoms with E-state index in [9.17, 15) is 18.4 Å². The molecule has 1 N–H and O–H groups in total. The number of rotatable bonds is 6. The quantitative estimate of drug-likeness (QED) is 0.695. The summed E-state index contributed by atoms with van der Waals surface area (Å²) in [5, 5.41) is 19.1. The van der Waals surface area contributed by atoms with Gasteiger partial charge in [0.25, 0.3) is 0 Å². The first-order chi connectivity index (χ1) is 14.2. The van der Waals surface area contributed by atoms with Crippen LogP contribution in [0.3, 0.4) is 0 Å². The number of anilines is 2. The van der Waals surface area contributed by atoms with Crippen LogP contribution in [0, 0.1) is 12.1 Å². The first kappa shape index (κ1) is 22.1. The van der Waals surface area contributed by atoms with Crippen LogP contribution >= 0.6 is 0 Å². The summed E-state index contributed by atoms with van der Waals surface area (Å²) in [6.45, 7) is 4.55. The molecule has 1 aromatic carbocycles. The number of urea groups is 1. The topological polar surface area (TPSA) is 120 Å². The van der Waals surface area contributed by atoms with Gasteiger partial charge in [-0.2, -0.15) is 13.5 Å². The van der Waals surface area contributed by atoms with Gasteiger partial charge in [0.15, 0.2) is 0 Å². The van der Waals surface area contributed by atoms with Crippen molar-refractivity contribution < 1.29 is 17.9 Å². The van der Waals surface area contributed by atoms with Crippen molar-refractivity contribution in [2.24, 2.45) is 7.05 Å². The van der Waals surface area contributed by atoms with Crippen molar-refractivity contribution in [1.82, 2.24) is 14.2 Å². The third-order valence-electron chi connectivity index (χ3n) is 4.89. The Bertz CT molecular complexity index is 1000. The van der Waals surface area contributed by atoms with Gasteiger partial charge in [-0.05, 0) is 49.4 Å². The van der Waals surface area contributed by atoms with Crippen molar-refractivity contribution in [2.45, 2.75) is 39.2 Å². The molecule has 0 atom stereocenters. The van der Waals surface area contributed by atoms with Gasteiger partial charge in [-0.15, -0.1) is 0 Å². The van der Waals surface area contributed by atoms with Crippen LogP contribution in [0.25, 0.3) is 0 Å². The molecule has 11 heteroatoms. The molecule has 2 aromatic rings. The molecule has 0 bridgehead atoms. The zero-order valence-electron chi connectivity index (χ0n) is 17.2. The van der Waals surface area contributed by atoms with Crippen LogP contribution < -0.4 is 9.62 Å². The number of amides is 2. The molecule has 1 fully saturated rings. The average molecular weight is 437 g/mol. The SMILES string of the molecule is CCc1cc(C)cc(NC(=O)N([O-])S(=O)(=O)N(c2cnn(C)c2)C2CCOCC2)c1. The summed E-state index contributed by atoms with van der Waals surface area (Å²) in [5.74, 6) is 0. The van der Waals surface area contributed by atoms with Crippen molar-refractivity contribution in [1.29, 1.82) is 0 Å². The number of hydrogen-bond donors (Lipinski definition) is 1. The first-order valence-electron chi connectivity index (χ1n) is 9.72. The fourth-order valence-electron chi connectivity index (χ4n) is 3.47. The van der Waals surface area contributed by atoms with Crippen molar-refractivity contribution in [2.75, 3.05) is 22.8 Å². The van der Waals surface area contributed by atoms with Gasteiger partial charge < -0.3 is 15.3 Å². The van der Waals surface area contributed by atoms with Gasteiger partial charge in [-0.3, -0.25) is 9.15 Å². The second kappa shape index (κ2) is 9.02. The second-order valence-electron chi connectivity index (χ2n) is 7.24. The normalized spacial score (nSPS) is 15.1. The van der Waals surface area contributed by atoms with E-state index in [2.05, 4.69) is 10.4 Å². The Morgan fingerprint density at radius 1 is 1.33 bits per heavy atom. The molecule has 1 aliphatic rings. The molecule has 2 heterocycles. The number of carbonyl (C=O) groups excluding carboxylic acids is 1. The summed E-state index contributed by atoms with van der Waals surface area (Å²) < 4.78 is 33.5. The summed E-state index contributed by atoms with van der Waals surface area (Å²) in [7, 11) is -3.05. The number of benzene rings is 1. The maximum Gasteiger partial charge on any atom is 0.326 e. The Balaban J connectivity index is 1.88. The highest BCUT2D eigenvalue weighted by Gasteiger charge is 2.35. The second-order valence-corrected chi connectivity index (χ2v) is 8.86. The Morgan fingerprint density at radius 2 is 2.03 bits per heavy atom. The maximum atomic E-state index is 13.2. The monoisotopic (exact) mass is 436 g/mol. The van der Waals surface area contributed by atoms with E-state index in [-0.39, 0.29) is 5.69 Å². The highest BCUT2D eigenvalue weighted by Crippen LogP contribution is 2.28. The smallest absolute Gasteiger partial charge is 0.326 e. The molecule has 3 rings (SSSR count). The van der Waals surface area contributed by atoms with E-state index in [0.717, 1.165) is 21.9 Å². The first-order valence-corrected chi connectivity index (χ1v) is 11.1. The van der Waals surface area contributed by atoms with Gasteiger partial charge in [-0.1, -0.05) is 13.0 Å². The van der Waals surface area contributed by atoms with Crippen LogP contribution in [-0.4, -0.2) is 48.0 Å². The van der Waals surface area contributed by atoms with E-state index in [1.54, 1.807) is 19.2 Å². The van der Waals surface area contributed by atoms with Gasteiger partial charge in [-0.25, -0.2) is 9.10 Å². The summed E-state index contributed by atoms with van der Waals surface area (Å²) in [6, 6.07) is 3.56. The van der Waals surface area contributed by atoms with E-state index in [1.807, 2.05) is 19.9 Å². The van der Waals surface area contributed by atoms with Gasteiger partial charge >= 0.3 is 16.2 Å². The Hall–Kier alpha value is -2.63. The highest BCUT2D eigenvalue weighted by molar-refractivity contribution is 7.91. The predicted molar refractivity (Wildman–Crippen MR) is 113 cm³/mol. The number of ether oxygens (including phenoxy) is 1. The minimum Gasteiger partial charge on any atom is -0.740 e. The van der Waals surface area contributed by atoms with Gasteiger partial charge in [0.1, 0.15) is 0 Å². The fraction of sp³-hybridized carbons (Fsp3) is 0.474. The molecule has 30 heavy (non-hydrogen) atoms. The maximum absolute atomic E-state index is 13.2. The number of hydroxylamine groups is 1. The minimum absolute atomic E-state index is 0.224. The Labute approximate surface area is 176 Å². The van der Waals surface area contributed by atoms with Crippen LogP contribution in [0.5, 0.6) is 0 Å². The number of nitrogens with zero attached hydrogens (tertiary/aromatic N) is 4. The van der Waals surface area contributed by atoms with Crippen molar-refractivity contribution in [3.8, 4) is 0 Å². The van der Waals surface area contributed by atoms with Crippen LogP contribution in [0.4, 0.5) is 16.2 Å². The lowest BCUT2D eigenvalue weighted by molar-refractivity contribution is 0.0874. The van der Waals surface area contributed by atoms with Crippen molar-refractivity contribution >= 4 is 27.6 Å². The summed E-state index contributed by atoms with van der Waals surface area (Å²) in [6.07, 6.45) is 4.39. The molecule has 0 saturated carbocycles. The molecule has 0 radical (unpaired) electrons. The molecule has 1 saturated heterocycles. The molecular formula is C19H26N5O5S-. The minimum atomic E-state index is -4.70. The van der Waals surface area contributed by atoms with Crippen LogP contribution in [-0.2, 0) is 28.4 Å². The number of nitrogens with one attached hydrogen (secondary N) is 1. The standard InChI is InChI=1S/C19H26N5O5S/c1-4-15-9-14(2)10-16(11-15)21-19(25)24(26)30(27,28)23(17-5-7-29-8-6-17)18-12-20-22(3)13-18/h9-13,17H,4-8H2,1-3H3,(H,21,25)/q-1. The summed E-state index contributed by atoms with van der Waals surface area (Å²) in [5.41, 5.74) is 2.45. The molecular weight excluding hydrogens is 410 g/mol. The number of aryl methyl sites for hydroxylation is 3. The molecule has 1 aliphatic heterocycles. The summed E-state index contributed by atoms with van der Waals surface area (Å²) in [4.78, 5) is 12.5. The molecule has 164 valence electrons. The molecule has 0 unspecified atom stereocenters. The third-order valence-corrected chi connectivity index (χ3v) is 6.48. The molecule has 1 aromatic heterocycles. The van der Waals surface area contributed by atoms with Crippen molar-refractivity contribution in [3.05, 3.63) is 46.9 Å². The third kappa shape index (κ3) is 4.74. The van der Waals surface area contributed by atoms with E-state index in [4.69, 9.17) is 4.74 Å². The van der Waals surface area contributed by atoms with Crippen molar-refractivity contribution in [3.63, 3.8) is 0 Å². The average Bonchev–Trinajstić information content (AvgIpc) is 3.13. The van der Waals surface area contributed by atoms with E-state index in [0.29, 0.717) is 31.7 Å². The highest BCUT2D eigenvalue weighted by atomic mass is 32.2. The van der Waals surface area contributed by atoms with Gasteiger partial charge in [0.05, 0.1) is 17.9 Å². The predicted octanol–water partition coefficient (Wildman–Crippen LogP) is 2.55. The number of hydrogen-bond acceptors (Lipinski definition) is 6. The Kier molecular flexibility index (Phi) is 6.64. The van der Waals surface area contributed by atoms with Gasteiger partial charge in [0.2, 0.25) is 0 Å². The van der Waals surface area contributed by atoms with Crippen LogP contribution in [0.1, 0.15) is 30.9 Å². The molecule has 0 aliphatic carbocycles.